The summed E-state index contributed by atoms with van der Waals surface area (Å²) in [5, 5.41) is 5.94. The summed E-state index contributed by atoms with van der Waals surface area (Å²) in [4.78, 5) is 12.5. The SMILES string of the molecule is O=C(N/N=C\c1ccc(OCc2ccc(F)cc2)cc1)c1cccc2ccccc12. The largest absolute Gasteiger partial charge is 0.489 e. The lowest BCUT2D eigenvalue weighted by Gasteiger charge is -2.06. The predicted molar refractivity (Wildman–Crippen MR) is 116 cm³/mol. The minimum atomic E-state index is -0.269. The van der Waals surface area contributed by atoms with Crippen LogP contribution in [0.4, 0.5) is 4.39 Å². The van der Waals surface area contributed by atoms with Crippen LogP contribution in [0.15, 0.2) is 96.1 Å². The summed E-state index contributed by atoms with van der Waals surface area (Å²) >= 11 is 0. The Kier molecular flexibility index (Phi) is 5.80. The Morgan fingerprint density at radius 2 is 1.63 bits per heavy atom. The van der Waals surface area contributed by atoms with Gasteiger partial charge in [-0.05, 0) is 64.4 Å². The molecule has 148 valence electrons. The molecule has 0 aliphatic rings. The summed E-state index contributed by atoms with van der Waals surface area (Å²) in [6.45, 7) is 0.356. The molecule has 30 heavy (non-hydrogen) atoms. The molecule has 0 saturated heterocycles. The van der Waals surface area contributed by atoms with E-state index in [2.05, 4.69) is 10.5 Å². The van der Waals surface area contributed by atoms with E-state index in [9.17, 15) is 9.18 Å². The van der Waals surface area contributed by atoms with Gasteiger partial charge in [-0.3, -0.25) is 4.79 Å². The maximum absolute atomic E-state index is 12.9. The van der Waals surface area contributed by atoms with E-state index in [1.807, 2.05) is 60.7 Å². The quantitative estimate of drug-likeness (QED) is 0.353. The van der Waals surface area contributed by atoms with Crippen LogP contribution in [0.1, 0.15) is 21.5 Å². The number of hydrogen-bond donors (Lipinski definition) is 1. The lowest BCUT2D eigenvalue weighted by molar-refractivity contribution is 0.0957. The van der Waals surface area contributed by atoms with E-state index >= 15 is 0 Å². The monoisotopic (exact) mass is 398 g/mol. The highest BCUT2D eigenvalue weighted by Gasteiger charge is 2.08. The summed E-state index contributed by atoms with van der Waals surface area (Å²) in [6, 6.07) is 26.8. The number of rotatable bonds is 6. The second-order valence-corrected chi connectivity index (χ2v) is 6.71. The van der Waals surface area contributed by atoms with Gasteiger partial charge in [0.15, 0.2) is 0 Å². The van der Waals surface area contributed by atoms with E-state index in [4.69, 9.17) is 4.74 Å². The van der Waals surface area contributed by atoms with Crippen molar-refractivity contribution in [3.63, 3.8) is 0 Å². The van der Waals surface area contributed by atoms with Gasteiger partial charge in [-0.15, -0.1) is 0 Å². The highest BCUT2D eigenvalue weighted by Crippen LogP contribution is 2.18. The Balaban J connectivity index is 1.35. The van der Waals surface area contributed by atoms with Crippen molar-refractivity contribution < 1.29 is 13.9 Å². The van der Waals surface area contributed by atoms with Gasteiger partial charge < -0.3 is 4.74 Å². The zero-order chi connectivity index (χ0) is 20.8. The third-order valence-electron chi connectivity index (χ3n) is 4.61. The fraction of sp³-hybridized carbons (Fsp3) is 0.0400. The number of hydrazone groups is 1. The van der Waals surface area contributed by atoms with Crippen molar-refractivity contribution >= 4 is 22.9 Å². The molecule has 0 radical (unpaired) electrons. The van der Waals surface area contributed by atoms with Crippen LogP contribution in [-0.4, -0.2) is 12.1 Å². The average molecular weight is 398 g/mol. The van der Waals surface area contributed by atoms with Crippen LogP contribution in [0.3, 0.4) is 0 Å². The second kappa shape index (κ2) is 9.01. The summed E-state index contributed by atoms with van der Waals surface area (Å²) in [6.07, 6.45) is 1.58. The Hall–Kier alpha value is -3.99. The van der Waals surface area contributed by atoms with Gasteiger partial charge in [0, 0.05) is 5.56 Å². The van der Waals surface area contributed by atoms with Crippen molar-refractivity contribution in [1.82, 2.24) is 5.43 Å². The molecule has 0 aliphatic carbocycles. The fourth-order valence-electron chi connectivity index (χ4n) is 3.05. The summed E-state index contributed by atoms with van der Waals surface area (Å²) < 4.78 is 18.6. The van der Waals surface area contributed by atoms with E-state index in [-0.39, 0.29) is 11.7 Å². The van der Waals surface area contributed by atoms with E-state index in [0.717, 1.165) is 21.9 Å². The highest BCUT2D eigenvalue weighted by atomic mass is 19.1. The Morgan fingerprint density at radius 1 is 0.900 bits per heavy atom. The number of halogens is 1. The number of hydrogen-bond acceptors (Lipinski definition) is 3. The summed E-state index contributed by atoms with van der Waals surface area (Å²) in [5.74, 6) is 0.161. The van der Waals surface area contributed by atoms with Crippen molar-refractivity contribution in [3.8, 4) is 5.75 Å². The Bertz CT molecular complexity index is 1180. The van der Waals surface area contributed by atoms with Crippen molar-refractivity contribution in [3.05, 3.63) is 114 Å². The van der Waals surface area contributed by atoms with Gasteiger partial charge in [0.05, 0.1) is 6.21 Å². The van der Waals surface area contributed by atoms with Crippen LogP contribution >= 0.6 is 0 Å². The minimum Gasteiger partial charge on any atom is -0.489 e. The molecule has 0 bridgehead atoms. The van der Waals surface area contributed by atoms with Gasteiger partial charge in [-0.2, -0.15) is 5.10 Å². The lowest BCUT2D eigenvalue weighted by Crippen LogP contribution is -2.17. The second-order valence-electron chi connectivity index (χ2n) is 6.71. The maximum Gasteiger partial charge on any atom is 0.271 e. The van der Waals surface area contributed by atoms with Gasteiger partial charge in [-0.1, -0.05) is 48.5 Å². The topological polar surface area (TPSA) is 50.7 Å². The highest BCUT2D eigenvalue weighted by molar-refractivity contribution is 6.07. The number of amides is 1. The van der Waals surface area contributed by atoms with Crippen LogP contribution < -0.4 is 10.2 Å². The first-order chi connectivity index (χ1) is 14.7. The average Bonchev–Trinajstić information content (AvgIpc) is 2.79. The van der Waals surface area contributed by atoms with Crippen molar-refractivity contribution in [2.24, 2.45) is 5.10 Å². The minimum absolute atomic E-state index is 0.262. The van der Waals surface area contributed by atoms with Crippen molar-refractivity contribution in [1.29, 1.82) is 0 Å². The molecule has 0 spiro atoms. The van der Waals surface area contributed by atoms with Crippen molar-refractivity contribution in [2.45, 2.75) is 6.61 Å². The first-order valence-corrected chi connectivity index (χ1v) is 9.47. The fourth-order valence-corrected chi connectivity index (χ4v) is 3.05. The zero-order valence-corrected chi connectivity index (χ0v) is 16.1. The predicted octanol–water partition coefficient (Wildman–Crippen LogP) is 5.32. The first-order valence-electron chi connectivity index (χ1n) is 9.47. The third-order valence-corrected chi connectivity index (χ3v) is 4.61. The number of benzene rings is 4. The van der Waals surface area contributed by atoms with Crippen LogP contribution in [0.5, 0.6) is 5.75 Å². The number of carbonyl (C=O) groups excluding carboxylic acids is 1. The number of ether oxygens (including phenoxy) is 1. The molecule has 0 fully saturated rings. The molecular weight excluding hydrogens is 379 g/mol. The maximum atomic E-state index is 12.9. The van der Waals surface area contributed by atoms with E-state index < -0.39 is 0 Å². The molecule has 1 N–H and O–H groups in total. The molecule has 4 rings (SSSR count). The van der Waals surface area contributed by atoms with Crippen LogP contribution in [0.2, 0.25) is 0 Å². The lowest BCUT2D eigenvalue weighted by atomic mass is 10.0. The molecule has 0 unspecified atom stereocenters. The molecule has 4 aromatic rings. The Morgan fingerprint density at radius 3 is 2.43 bits per heavy atom. The zero-order valence-electron chi connectivity index (χ0n) is 16.1. The molecule has 4 nitrogen and oxygen atoms in total. The van der Waals surface area contributed by atoms with Gasteiger partial charge in [0.25, 0.3) is 5.91 Å². The summed E-state index contributed by atoms with van der Waals surface area (Å²) in [5.41, 5.74) is 4.86. The smallest absolute Gasteiger partial charge is 0.271 e. The first kappa shape index (κ1) is 19.3. The standard InChI is InChI=1S/C25H19FN2O2/c26-21-12-8-19(9-13-21)17-30-22-14-10-18(11-15-22)16-27-28-25(29)24-7-3-5-20-4-1-2-6-23(20)24/h1-16H,17H2,(H,28,29)/b27-16-. The van der Waals surface area contributed by atoms with Crippen LogP contribution in [0.25, 0.3) is 10.8 Å². The number of carbonyl (C=O) groups is 1. The van der Waals surface area contributed by atoms with Gasteiger partial charge in [-0.25, -0.2) is 9.82 Å². The third kappa shape index (κ3) is 4.70. The van der Waals surface area contributed by atoms with E-state index in [1.165, 1.54) is 12.1 Å². The molecule has 5 heteroatoms. The molecular formula is C25H19FN2O2. The van der Waals surface area contributed by atoms with Gasteiger partial charge >= 0.3 is 0 Å². The van der Waals surface area contributed by atoms with Gasteiger partial charge in [0.2, 0.25) is 0 Å². The van der Waals surface area contributed by atoms with Crippen LogP contribution in [-0.2, 0) is 6.61 Å². The number of nitrogens with one attached hydrogen (secondary N) is 1. The molecule has 1 amide bonds. The van der Waals surface area contributed by atoms with E-state index in [0.29, 0.717) is 17.9 Å². The Labute approximate surface area is 173 Å². The molecule has 0 heterocycles. The molecule has 0 atom stereocenters. The molecule has 0 saturated carbocycles. The van der Waals surface area contributed by atoms with Crippen molar-refractivity contribution in [2.75, 3.05) is 0 Å². The summed E-state index contributed by atoms with van der Waals surface area (Å²) in [7, 11) is 0. The molecule has 4 aromatic carbocycles. The van der Waals surface area contributed by atoms with E-state index in [1.54, 1.807) is 24.4 Å². The van der Waals surface area contributed by atoms with Gasteiger partial charge in [0.1, 0.15) is 18.2 Å². The number of fused-ring (bicyclic) bond motifs is 1. The number of nitrogens with zero attached hydrogens (tertiary/aromatic N) is 1. The molecule has 0 aliphatic heterocycles. The van der Waals surface area contributed by atoms with Crippen LogP contribution in [0, 0.1) is 5.82 Å². The molecule has 0 aromatic heterocycles. The normalized spacial score (nSPS) is 11.0.